The third-order valence-corrected chi connectivity index (χ3v) is 6.47. The molecule has 0 saturated carbocycles. The van der Waals surface area contributed by atoms with Gasteiger partial charge in [0.1, 0.15) is 11.4 Å². The number of carbonyl (C=O) groups is 3. The quantitative estimate of drug-likeness (QED) is 0.733. The summed E-state index contributed by atoms with van der Waals surface area (Å²) in [6.07, 6.45) is 0.525. The number of halogens is 2. The van der Waals surface area contributed by atoms with Crippen LogP contribution in [-0.2, 0) is 11.3 Å². The molecule has 0 unspecified atom stereocenters. The molecule has 0 aromatic heterocycles. The number of carbonyl (C=O) groups excluding carboxylic acids is 3. The van der Waals surface area contributed by atoms with Crippen molar-refractivity contribution in [3.8, 4) is 0 Å². The summed E-state index contributed by atoms with van der Waals surface area (Å²) in [5.41, 5.74) is 1.78. The molecule has 2 aliphatic rings. The fraction of sp³-hybridized carbons (Fsp3) is 0.348. The highest BCUT2D eigenvalue weighted by Gasteiger charge is 2.52. The number of imide groups is 1. The van der Waals surface area contributed by atoms with Crippen LogP contribution in [0, 0.1) is 19.7 Å². The summed E-state index contributed by atoms with van der Waals surface area (Å²) in [6.45, 7) is 4.54. The molecular weight excluding hydrogens is 421 g/mol. The number of aryl methyl sites for hydroxylation is 2. The topological polar surface area (TPSA) is 69.7 Å². The maximum atomic E-state index is 14.1. The predicted molar refractivity (Wildman–Crippen MR) is 114 cm³/mol. The zero-order chi connectivity index (χ0) is 22.3. The molecule has 1 spiro atoms. The van der Waals surface area contributed by atoms with Gasteiger partial charge in [-0.15, -0.1) is 0 Å². The van der Waals surface area contributed by atoms with Crippen molar-refractivity contribution < 1.29 is 18.8 Å². The number of hydrogen-bond donors (Lipinski definition) is 1. The van der Waals surface area contributed by atoms with E-state index in [1.54, 1.807) is 0 Å². The van der Waals surface area contributed by atoms with Crippen molar-refractivity contribution in [2.24, 2.45) is 0 Å². The maximum Gasteiger partial charge on any atom is 0.325 e. The van der Waals surface area contributed by atoms with Crippen molar-refractivity contribution in [1.82, 2.24) is 15.1 Å². The Morgan fingerprint density at radius 2 is 1.87 bits per heavy atom. The summed E-state index contributed by atoms with van der Waals surface area (Å²) >= 11 is 6.02. The number of benzene rings is 2. The lowest BCUT2D eigenvalue weighted by atomic mass is 9.87. The summed E-state index contributed by atoms with van der Waals surface area (Å²) in [5, 5.41) is 2.90. The standard InChI is InChI=1S/C23H23ClFN3O3/c1-14-6-7-15(2)16(12-14)13-28-21(30)23(26-22(28)31)8-10-27(11-9-23)20(29)19-17(24)4-3-5-18(19)25/h3-7,12H,8-11,13H2,1-2H3,(H,26,31). The molecule has 2 aliphatic heterocycles. The number of hydrogen-bond acceptors (Lipinski definition) is 3. The lowest BCUT2D eigenvalue weighted by molar-refractivity contribution is -0.133. The second-order valence-electron chi connectivity index (χ2n) is 8.22. The molecule has 2 aromatic carbocycles. The fourth-order valence-electron chi connectivity index (χ4n) is 4.25. The van der Waals surface area contributed by atoms with E-state index in [1.807, 2.05) is 32.0 Å². The smallest absolute Gasteiger partial charge is 0.325 e. The van der Waals surface area contributed by atoms with Crippen molar-refractivity contribution in [2.75, 3.05) is 13.1 Å². The van der Waals surface area contributed by atoms with E-state index in [9.17, 15) is 18.8 Å². The number of urea groups is 1. The third kappa shape index (κ3) is 3.78. The molecule has 0 atom stereocenters. The van der Waals surface area contributed by atoms with Gasteiger partial charge in [0.15, 0.2) is 0 Å². The van der Waals surface area contributed by atoms with E-state index in [1.165, 1.54) is 28.0 Å². The molecule has 1 N–H and O–H groups in total. The molecule has 0 bridgehead atoms. The van der Waals surface area contributed by atoms with Crippen LogP contribution in [0.15, 0.2) is 36.4 Å². The van der Waals surface area contributed by atoms with Gasteiger partial charge >= 0.3 is 6.03 Å². The van der Waals surface area contributed by atoms with Gasteiger partial charge in [0.2, 0.25) is 0 Å². The SMILES string of the molecule is Cc1ccc(C)c(CN2C(=O)NC3(CCN(C(=O)c4c(F)cccc4Cl)CC3)C2=O)c1. The van der Waals surface area contributed by atoms with Crippen LogP contribution < -0.4 is 5.32 Å². The molecule has 2 saturated heterocycles. The first-order valence-corrected chi connectivity index (χ1v) is 10.5. The van der Waals surface area contributed by atoms with Gasteiger partial charge < -0.3 is 10.2 Å². The first kappa shape index (κ1) is 21.3. The Labute approximate surface area is 185 Å². The zero-order valence-electron chi connectivity index (χ0n) is 17.4. The van der Waals surface area contributed by atoms with Gasteiger partial charge in [-0.1, -0.05) is 41.4 Å². The van der Waals surface area contributed by atoms with Gasteiger partial charge in [-0.25, -0.2) is 9.18 Å². The molecular formula is C23H23ClFN3O3. The molecule has 4 amide bonds. The number of nitrogens with one attached hydrogen (secondary N) is 1. The van der Waals surface area contributed by atoms with Crippen LogP contribution in [0.25, 0.3) is 0 Å². The molecule has 162 valence electrons. The Balaban J connectivity index is 1.48. The monoisotopic (exact) mass is 443 g/mol. The number of nitrogens with zero attached hydrogens (tertiary/aromatic N) is 2. The van der Waals surface area contributed by atoms with E-state index in [4.69, 9.17) is 11.6 Å². The van der Waals surface area contributed by atoms with E-state index in [2.05, 4.69) is 5.32 Å². The molecule has 2 heterocycles. The van der Waals surface area contributed by atoms with E-state index in [0.29, 0.717) is 0 Å². The van der Waals surface area contributed by atoms with Crippen molar-refractivity contribution in [1.29, 1.82) is 0 Å². The van der Waals surface area contributed by atoms with Gasteiger partial charge in [0.05, 0.1) is 17.1 Å². The van der Waals surface area contributed by atoms with Gasteiger partial charge in [-0.3, -0.25) is 14.5 Å². The largest absolute Gasteiger partial charge is 0.338 e. The number of piperidine rings is 1. The van der Waals surface area contributed by atoms with Gasteiger partial charge in [-0.2, -0.15) is 0 Å². The lowest BCUT2D eigenvalue weighted by Crippen LogP contribution is -2.56. The predicted octanol–water partition coefficient (Wildman–Crippen LogP) is 3.82. The van der Waals surface area contributed by atoms with Crippen molar-refractivity contribution in [3.05, 3.63) is 69.5 Å². The van der Waals surface area contributed by atoms with E-state index in [-0.39, 0.29) is 49.0 Å². The van der Waals surface area contributed by atoms with Crippen LogP contribution in [0.1, 0.15) is 39.9 Å². The first-order valence-electron chi connectivity index (χ1n) is 10.2. The van der Waals surface area contributed by atoms with Crippen LogP contribution in [0.4, 0.5) is 9.18 Å². The van der Waals surface area contributed by atoms with Crippen LogP contribution in [0.3, 0.4) is 0 Å². The Morgan fingerprint density at radius 3 is 2.55 bits per heavy atom. The van der Waals surface area contributed by atoms with E-state index < -0.39 is 23.3 Å². The Hall–Kier alpha value is -2.93. The van der Waals surface area contributed by atoms with Crippen molar-refractivity contribution >= 4 is 29.4 Å². The molecule has 6 nitrogen and oxygen atoms in total. The van der Waals surface area contributed by atoms with E-state index >= 15 is 0 Å². The molecule has 0 radical (unpaired) electrons. The average molecular weight is 444 g/mol. The fourth-order valence-corrected chi connectivity index (χ4v) is 4.50. The number of amides is 4. The van der Waals surface area contributed by atoms with Gasteiger partial charge in [0.25, 0.3) is 11.8 Å². The summed E-state index contributed by atoms with van der Waals surface area (Å²) in [4.78, 5) is 41.3. The third-order valence-electron chi connectivity index (χ3n) is 6.16. The van der Waals surface area contributed by atoms with Crippen LogP contribution in [0.5, 0.6) is 0 Å². The van der Waals surface area contributed by atoms with Gasteiger partial charge in [0, 0.05) is 13.1 Å². The summed E-state index contributed by atoms with van der Waals surface area (Å²) < 4.78 is 14.1. The second kappa shape index (κ2) is 7.96. The number of rotatable bonds is 3. The van der Waals surface area contributed by atoms with Crippen molar-refractivity contribution in [2.45, 2.75) is 38.8 Å². The average Bonchev–Trinajstić information content (AvgIpc) is 2.95. The minimum atomic E-state index is -1.04. The highest BCUT2D eigenvalue weighted by Crippen LogP contribution is 2.32. The van der Waals surface area contributed by atoms with E-state index in [0.717, 1.165) is 16.7 Å². The maximum absolute atomic E-state index is 14.1. The van der Waals surface area contributed by atoms with Crippen LogP contribution in [-0.4, -0.2) is 46.3 Å². The molecule has 31 heavy (non-hydrogen) atoms. The highest BCUT2D eigenvalue weighted by atomic mass is 35.5. The molecule has 2 aromatic rings. The van der Waals surface area contributed by atoms with Crippen molar-refractivity contribution in [3.63, 3.8) is 0 Å². The molecule has 0 aliphatic carbocycles. The second-order valence-corrected chi connectivity index (χ2v) is 8.63. The Morgan fingerprint density at radius 1 is 1.16 bits per heavy atom. The Kier molecular flexibility index (Phi) is 5.47. The molecule has 2 fully saturated rings. The molecule has 4 rings (SSSR count). The highest BCUT2D eigenvalue weighted by molar-refractivity contribution is 6.33. The zero-order valence-corrected chi connectivity index (χ0v) is 18.1. The Bertz CT molecular complexity index is 1060. The minimum absolute atomic E-state index is 0.0511. The summed E-state index contributed by atoms with van der Waals surface area (Å²) in [5.74, 6) is -1.47. The van der Waals surface area contributed by atoms with Gasteiger partial charge in [-0.05, 0) is 49.9 Å². The summed E-state index contributed by atoms with van der Waals surface area (Å²) in [6, 6.07) is 9.60. The van der Waals surface area contributed by atoms with Crippen LogP contribution in [0.2, 0.25) is 5.02 Å². The lowest BCUT2D eigenvalue weighted by Gasteiger charge is -2.37. The summed E-state index contributed by atoms with van der Waals surface area (Å²) in [7, 11) is 0. The normalized spacial score (nSPS) is 17.9. The number of likely N-dealkylation sites (tertiary alicyclic amines) is 1. The first-order chi connectivity index (χ1) is 14.7. The minimum Gasteiger partial charge on any atom is -0.338 e. The molecule has 8 heteroatoms. The van der Waals surface area contributed by atoms with Crippen LogP contribution >= 0.6 is 11.6 Å².